The molecule has 2 nitrogen and oxygen atoms in total. The molecule has 1 saturated heterocycles. The van der Waals surface area contributed by atoms with Gasteiger partial charge in [0.05, 0.1) is 6.54 Å². The molecule has 1 aliphatic rings. The molecule has 2 rings (SSSR count). The molecule has 0 bridgehead atoms. The van der Waals surface area contributed by atoms with E-state index in [9.17, 15) is 9.18 Å². The molecular weight excluding hydrogens is 261 g/mol. The zero-order valence-corrected chi connectivity index (χ0v) is 12.3. The Kier molecular flexibility index (Phi) is 4.63. The highest BCUT2D eigenvalue weighted by Gasteiger charge is 2.24. The first-order valence-electron chi connectivity index (χ1n) is 6.61. The van der Waals surface area contributed by atoms with Gasteiger partial charge in [0.15, 0.2) is 5.78 Å². The smallest absolute Gasteiger partial charge is 0.176 e. The third-order valence-electron chi connectivity index (χ3n) is 3.44. The Bertz CT molecular complexity index is 461. The number of rotatable bonds is 3. The summed E-state index contributed by atoms with van der Waals surface area (Å²) >= 11 is 1.96. The van der Waals surface area contributed by atoms with Gasteiger partial charge in [-0.15, -0.1) is 0 Å². The fourth-order valence-electron chi connectivity index (χ4n) is 2.18. The van der Waals surface area contributed by atoms with E-state index in [0.29, 0.717) is 12.1 Å². The van der Waals surface area contributed by atoms with Crippen molar-refractivity contribution in [3.8, 4) is 0 Å². The van der Waals surface area contributed by atoms with E-state index in [4.69, 9.17) is 0 Å². The number of hydrogen-bond donors (Lipinski definition) is 0. The van der Waals surface area contributed by atoms with Crippen molar-refractivity contribution >= 4 is 17.5 Å². The topological polar surface area (TPSA) is 20.3 Å². The van der Waals surface area contributed by atoms with Gasteiger partial charge >= 0.3 is 0 Å². The Labute approximate surface area is 118 Å². The molecule has 0 aromatic heterocycles. The van der Waals surface area contributed by atoms with Crippen LogP contribution in [-0.4, -0.2) is 40.8 Å². The molecule has 1 fully saturated rings. The summed E-state index contributed by atoms with van der Waals surface area (Å²) in [6, 6.07) is 5.95. The standard InChI is InChI=1S/C15H20FNOS/c1-15(2)6-7-17(8-9-19-15)11-14(18)12-4-3-5-13(16)10-12/h3-5,10H,6-9,11H2,1-2H3. The van der Waals surface area contributed by atoms with Crippen molar-refractivity contribution in [3.63, 3.8) is 0 Å². The second-order valence-electron chi connectivity index (χ2n) is 5.57. The summed E-state index contributed by atoms with van der Waals surface area (Å²) in [6.45, 7) is 6.74. The van der Waals surface area contributed by atoms with Crippen molar-refractivity contribution < 1.29 is 9.18 Å². The predicted octanol–water partition coefficient (Wildman–Crippen LogP) is 3.23. The van der Waals surface area contributed by atoms with Crippen molar-refractivity contribution in [2.24, 2.45) is 0 Å². The predicted molar refractivity (Wildman–Crippen MR) is 78.3 cm³/mol. The maximum atomic E-state index is 13.1. The monoisotopic (exact) mass is 281 g/mol. The molecule has 19 heavy (non-hydrogen) atoms. The summed E-state index contributed by atoms with van der Waals surface area (Å²) < 4.78 is 13.4. The molecule has 1 aromatic rings. The number of Topliss-reactive ketones (excluding diaryl/α,β-unsaturated/α-hetero) is 1. The van der Waals surface area contributed by atoms with Crippen LogP contribution in [0.15, 0.2) is 24.3 Å². The Balaban J connectivity index is 1.96. The Hall–Kier alpha value is -0.870. The SMILES string of the molecule is CC1(C)CCN(CC(=O)c2cccc(F)c2)CCS1. The maximum absolute atomic E-state index is 13.1. The lowest BCUT2D eigenvalue weighted by Gasteiger charge is -2.22. The van der Waals surface area contributed by atoms with Gasteiger partial charge in [-0.2, -0.15) is 11.8 Å². The molecule has 0 unspecified atom stereocenters. The molecule has 104 valence electrons. The van der Waals surface area contributed by atoms with Crippen molar-refractivity contribution in [2.75, 3.05) is 25.4 Å². The van der Waals surface area contributed by atoms with Crippen LogP contribution in [0.3, 0.4) is 0 Å². The number of carbonyl (C=O) groups is 1. The fourth-order valence-corrected chi connectivity index (χ4v) is 3.31. The molecule has 0 aliphatic carbocycles. The van der Waals surface area contributed by atoms with Gasteiger partial charge < -0.3 is 0 Å². The van der Waals surface area contributed by atoms with Gasteiger partial charge in [-0.3, -0.25) is 9.69 Å². The molecule has 0 atom stereocenters. The second-order valence-corrected chi connectivity index (χ2v) is 7.37. The molecule has 0 saturated carbocycles. The Morgan fingerprint density at radius 1 is 1.42 bits per heavy atom. The van der Waals surface area contributed by atoms with E-state index in [1.807, 2.05) is 11.8 Å². The van der Waals surface area contributed by atoms with Crippen LogP contribution in [0.2, 0.25) is 0 Å². The van der Waals surface area contributed by atoms with Gasteiger partial charge in [-0.05, 0) is 25.1 Å². The van der Waals surface area contributed by atoms with Crippen LogP contribution in [-0.2, 0) is 0 Å². The minimum Gasteiger partial charge on any atom is -0.295 e. The van der Waals surface area contributed by atoms with Crippen molar-refractivity contribution in [2.45, 2.75) is 25.0 Å². The van der Waals surface area contributed by atoms with Crippen LogP contribution in [0.25, 0.3) is 0 Å². The molecule has 0 amide bonds. The normalized spacial score (nSPS) is 19.9. The van der Waals surface area contributed by atoms with Gasteiger partial charge in [-0.25, -0.2) is 4.39 Å². The van der Waals surface area contributed by atoms with E-state index in [1.54, 1.807) is 12.1 Å². The molecular formula is C15H20FNOS. The average molecular weight is 281 g/mol. The first-order chi connectivity index (χ1) is 8.96. The average Bonchev–Trinajstić information content (AvgIpc) is 2.51. The van der Waals surface area contributed by atoms with E-state index in [-0.39, 0.29) is 16.3 Å². The highest BCUT2D eigenvalue weighted by molar-refractivity contribution is 8.00. The van der Waals surface area contributed by atoms with Crippen molar-refractivity contribution in [3.05, 3.63) is 35.6 Å². The molecule has 0 radical (unpaired) electrons. The van der Waals surface area contributed by atoms with Crippen molar-refractivity contribution in [1.82, 2.24) is 4.90 Å². The summed E-state index contributed by atoms with van der Waals surface area (Å²) in [5.41, 5.74) is 0.469. The molecule has 1 aliphatic heterocycles. The maximum Gasteiger partial charge on any atom is 0.176 e. The first kappa shape index (κ1) is 14.5. The molecule has 0 spiro atoms. The van der Waals surface area contributed by atoms with Crippen LogP contribution < -0.4 is 0 Å². The summed E-state index contributed by atoms with van der Waals surface area (Å²) in [6.07, 6.45) is 1.08. The third-order valence-corrected chi connectivity index (χ3v) is 4.82. The number of thioether (sulfide) groups is 1. The number of hydrogen-bond acceptors (Lipinski definition) is 3. The van der Waals surface area contributed by atoms with Crippen LogP contribution in [0.5, 0.6) is 0 Å². The van der Waals surface area contributed by atoms with Gasteiger partial charge in [0.1, 0.15) is 5.82 Å². The zero-order valence-electron chi connectivity index (χ0n) is 11.5. The minimum atomic E-state index is -0.349. The summed E-state index contributed by atoms with van der Waals surface area (Å²) in [7, 11) is 0. The Morgan fingerprint density at radius 3 is 2.95 bits per heavy atom. The van der Waals surface area contributed by atoms with Crippen molar-refractivity contribution in [1.29, 1.82) is 0 Å². The van der Waals surface area contributed by atoms with Gasteiger partial charge in [-0.1, -0.05) is 26.0 Å². The fraction of sp³-hybridized carbons (Fsp3) is 0.533. The Morgan fingerprint density at radius 2 is 2.21 bits per heavy atom. The number of ketones is 1. The number of halogens is 1. The number of benzene rings is 1. The van der Waals surface area contributed by atoms with Crippen LogP contribution in [0, 0.1) is 5.82 Å². The molecule has 0 N–H and O–H groups in total. The lowest BCUT2D eigenvalue weighted by molar-refractivity contribution is 0.0933. The third kappa shape index (κ3) is 4.32. The van der Waals surface area contributed by atoms with E-state index >= 15 is 0 Å². The molecule has 1 heterocycles. The lowest BCUT2D eigenvalue weighted by atomic mass is 10.1. The van der Waals surface area contributed by atoms with Gasteiger partial charge in [0, 0.05) is 22.6 Å². The van der Waals surface area contributed by atoms with Crippen LogP contribution in [0.4, 0.5) is 4.39 Å². The van der Waals surface area contributed by atoms with E-state index in [2.05, 4.69) is 18.7 Å². The summed E-state index contributed by atoms with van der Waals surface area (Å²) in [5.74, 6) is 0.700. The molecule has 1 aromatic carbocycles. The number of carbonyl (C=O) groups excluding carboxylic acids is 1. The van der Waals surface area contributed by atoms with E-state index in [1.165, 1.54) is 12.1 Å². The van der Waals surface area contributed by atoms with Crippen LogP contribution >= 0.6 is 11.8 Å². The van der Waals surface area contributed by atoms with Gasteiger partial charge in [0.2, 0.25) is 0 Å². The number of nitrogens with zero attached hydrogens (tertiary/aromatic N) is 1. The summed E-state index contributed by atoms with van der Waals surface area (Å²) in [4.78, 5) is 14.3. The summed E-state index contributed by atoms with van der Waals surface area (Å²) in [5, 5.41) is 0. The van der Waals surface area contributed by atoms with E-state index < -0.39 is 0 Å². The second kappa shape index (κ2) is 6.06. The van der Waals surface area contributed by atoms with Gasteiger partial charge in [0.25, 0.3) is 0 Å². The zero-order chi connectivity index (χ0) is 13.9. The molecule has 4 heteroatoms. The highest BCUT2D eigenvalue weighted by Crippen LogP contribution is 2.30. The largest absolute Gasteiger partial charge is 0.295 e. The first-order valence-corrected chi connectivity index (χ1v) is 7.60. The highest BCUT2D eigenvalue weighted by atomic mass is 32.2. The van der Waals surface area contributed by atoms with Crippen LogP contribution in [0.1, 0.15) is 30.6 Å². The minimum absolute atomic E-state index is 0.00389. The van der Waals surface area contributed by atoms with E-state index in [0.717, 1.165) is 25.3 Å². The lowest BCUT2D eigenvalue weighted by Crippen LogP contribution is -2.32. The quantitative estimate of drug-likeness (QED) is 0.793.